The number of Topliss-reactive ketones (excluding diaryl/α,β-unsaturated/α-hetero) is 1. The number of nitriles is 1. The summed E-state index contributed by atoms with van der Waals surface area (Å²) < 4.78 is 5.22. The normalized spacial score (nSPS) is 17.8. The molecular formula is C31H30N6O4S2. The Morgan fingerprint density at radius 3 is 2.51 bits per heavy atom. The number of thioether (sulfide) groups is 1. The molecule has 1 unspecified atom stereocenters. The molecule has 220 valence electrons. The first kappa shape index (κ1) is 30.0. The van der Waals surface area contributed by atoms with Crippen molar-refractivity contribution in [3.8, 4) is 6.07 Å². The molecule has 0 radical (unpaired) electrons. The Morgan fingerprint density at radius 1 is 1.16 bits per heavy atom. The fraction of sp³-hybridized carbons (Fsp3) is 0.290. The van der Waals surface area contributed by atoms with Gasteiger partial charge < -0.3 is 15.8 Å². The number of rotatable bonds is 7. The van der Waals surface area contributed by atoms with Crippen LogP contribution in [0.25, 0.3) is 0 Å². The average Bonchev–Trinajstić information content (AvgIpc) is 3.44. The first-order valence-corrected chi connectivity index (χ1v) is 15.3. The van der Waals surface area contributed by atoms with E-state index in [-0.39, 0.29) is 34.3 Å². The van der Waals surface area contributed by atoms with E-state index in [1.54, 1.807) is 29.2 Å². The van der Waals surface area contributed by atoms with Crippen LogP contribution in [0.2, 0.25) is 0 Å². The summed E-state index contributed by atoms with van der Waals surface area (Å²) in [6, 6.07) is 16.5. The molecule has 0 saturated heterocycles. The van der Waals surface area contributed by atoms with Crippen molar-refractivity contribution in [3.05, 3.63) is 87.9 Å². The van der Waals surface area contributed by atoms with Gasteiger partial charge in [0.2, 0.25) is 11.0 Å². The van der Waals surface area contributed by atoms with Gasteiger partial charge >= 0.3 is 5.97 Å². The molecule has 3 N–H and O–H groups in total. The van der Waals surface area contributed by atoms with Gasteiger partial charge in [-0.25, -0.2) is 4.79 Å². The second-order valence-electron chi connectivity index (χ2n) is 11.1. The topological polar surface area (TPSA) is 151 Å². The predicted molar refractivity (Wildman–Crippen MR) is 165 cm³/mol. The molecule has 12 heteroatoms. The number of ketones is 1. The summed E-state index contributed by atoms with van der Waals surface area (Å²) in [4.78, 5) is 39.6. The summed E-state index contributed by atoms with van der Waals surface area (Å²) in [5.74, 6) is -1.01. The number of anilines is 2. The van der Waals surface area contributed by atoms with Gasteiger partial charge in [-0.2, -0.15) is 5.26 Å². The zero-order valence-corrected chi connectivity index (χ0v) is 25.8. The van der Waals surface area contributed by atoms with Gasteiger partial charge in [0.1, 0.15) is 5.82 Å². The Morgan fingerprint density at radius 2 is 1.86 bits per heavy atom. The number of esters is 1. The van der Waals surface area contributed by atoms with E-state index in [0.717, 1.165) is 16.8 Å². The standard InChI is InChI=1S/C31H30N6O4S2/c1-17-5-7-18(8-6-17)25-21(15-32)27(33)37(22-13-31(2,3)14-23(38)26(22)25)29-35-36-30(43-29)42-16-24(39)34-20-11-9-19(10-12-20)28(40)41-4/h5-12,25H,13-14,16,33H2,1-4H3,(H,34,39). The van der Waals surface area contributed by atoms with Gasteiger partial charge in [0, 0.05) is 23.4 Å². The van der Waals surface area contributed by atoms with E-state index in [0.29, 0.717) is 39.1 Å². The second kappa shape index (κ2) is 12.0. The third-order valence-electron chi connectivity index (χ3n) is 7.30. The van der Waals surface area contributed by atoms with Crippen LogP contribution in [0.15, 0.2) is 75.5 Å². The number of benzene rings is 2. The van der Waals surface area contributed by atoms with E-state index in [4.69, 9.17) is 10.5 Å². The first-order valence-electron chi connectivity index (χ1n) is 13.5. The van der Waals surface area contributed by atoms with E-state index in [1.165, 1.54) is 30.2 Å². The van der Waals surface area contributed by atoms with Crippen LogP contribution < -0.4 is 16.0 Å². The molecule has 5 rings (SSSR count). The minimum absolute atomic E-state index is 0.0162. The lowest BCUT2D eigenvalue weighted by Crippen LogP contribution is -2.42. The lowest BCUT2D eigenvalue weighted by Gasteiger charge is -2.42. The Balaban J connectivity index is 1.40. The first-order chi connectivity index (χ1) is 20.5. The van der Waals surface area contributed by atoms with Gasteiger partial charge in [0.15, 0.2) is 10.1 Å². The van der Waals surface area contributed by atoms with Crippen molar-refractivity contribution in [1.29, 1.82) is 5.26 Å². The summed E-state index contributed by atoms with van der Waals surface area (Å²) in [7, 11) is 1.31. The number of carbonyl (C=O) groups is 3. The van der Waals surface area contributed by atoms with Crippen LogP contribution in [-0.4, -0.2) is 40.7 Å². The molecule has 0 saturated carbocycles. The third kappa shape index (κ3) is 6.18. The van der Waals surface area contributed by atoms with Gasteiger partial charge in [-0.15, -0.1) is 10.2 Å². The van der Waals surface area contributed by atoms with Gasteiger partial charge in [0.05, 0.1) is 36.0 Å². The molecule has 10 nitrogen and oxygen atoms in total. The summed E-state index contributed by atoms with van der Waals surface area (Å²) >= 11 is 2.44. The molecule has 2 aromatic carbocycles. The van der Waals surface area contributed by atoms with Crippen molar-refractivity contribution >= 4 is 51.6 Å². The smallest absolute Gasteiger partial charge is 0.337 e. The monoisotopic (exact) mass is 614 g/mol. The number of nitrogens with two attached hydrogens (primary N) is 1. The van der Waals surface area contributed by atoms with E-state index in [1.807, 2.05) is 45.0 Å². The number of methoxy groups -OCH3 is 1. The summed E-state index contributed by atoms with van der Waals surface area (Å²) in [6.07, 6.45) is 0.924. The number of nitrogens with one attached hydrogen (secondary N) is 1. The van der Waals surface area contributed by atoms with E-state index in [9.17, 15) is 19.6 Å². The van der Waals surface area contributed by atoms with Crippen LogP contribution in [0.5, 0.6) is 0 Å². The number of aromatic nitrogens is 2. The maximum Gasteiger partial charge on any atom is 0.337 e. The highest BCUT2D eigenvalue weighted by molar-refractivity contribution is 8.01. The highest BCUT2D eigenvalue weighted by Gasteiger charge is 2.45. The zero-order chi connectivity index (χ0) is 30.9. The minimum atomic E-state index is -0.562. The minimum Gasteiger partial charge on any atom is -0.465 e. The van der Waals surface area contributed by atoms with Crippen molar-refractivity contribution in [1.82, 2.24) is 10.2 Å². The van der Waals surface area contributed by atoms with Gasteiger partial charge in [0.25, 0.3) is 0 Å². The second-order valence-corrected chi connectivity index (χ2v) is 13.3. The van der Waals surface area contributed by atoms with Crippen LogP contribution in [-0.2, 0) is 14.3 Å². The van der Waals surface area contributed by atoms with E-state index >= 15 is 0 Å². The van der Waals surface area contributed by atoms with Crippen LogP contribution in [0, 0.1) is 23.7 Å². The highest BCUT2D eigenvalue weighted by atomic mass is 32.2. The fourth-order valence-corrected chi connectivity index (χ4v) is 6.98. The Hall–Kier alpha value is -4.47. The number of hydrogen-bond donors (Lipinski definition) is 2. The largest absolute Gasteiger partial charge is 0.465 e. The molecule has 43 heavy (non-hydrogen) atoms. The van der Waals surface area contributed by atoms with Crippen LogP contribution in [0.1, 0.15) is 54.1 Å². The molecular weight excluding hydrogens is 585 g/mol. The Kier molecular flexibility index (Phi) is 8.39. The number of allylic oxidation sites excluding steroid dienone is 3. The summed E-state index contributed by atoms with van der Waals surface area (Å²) in [5, 5.41) is 22.1. The average molecular weight is 615 g/mol. The summed E-state index contributed by atoms with van der Waals surface area (Å²) in [6.45, 7) is 6.06. The molecule has 1 aromatic heterocycles. The molecule has 1 aliphatic carbocycles. The molecule has 1 amide bonds. The zero-order valence-electron chi connectivity index (χ0n) is 24.1. The molecule has 1 aliphatic heterocycles. The highest BCUT2D eigenvalue weighted by Crippen LogP contribution is 2.50. The van der Waals surface area contributed by atoms with Gasteiger partial charge in [-0.3, -0.25) is 14.5 Å². The van der Waals surface area contributed by atoms with Crippen molar-refractivity contribution in [2.75, 3.05) is 23.1 Å². The quantitative estimate of drug-likeness (QED) is 0.265. The predicted octanol–water partition coefficient (Wildman–Crippen LogP) is 5.30. The number of aryl methyl sites for hydroxylation is 1. The number of hydrogen-bond acceptors (Lipinski definition) is 11. The van der Waals surface area contributed by atoms with E-state index < -0.39 is 11.9 Å². The third-order valence-corrected chi connectivity index (χ3v) is 9.34. The Labute approximate surface area is 257 Å². The Bertz CT molecular complexity index is 1700. The SMILES string of the molecule is COC(=O)c1ccc(NC(=O)CSc2nnc(N3C(N)=C(C#N)C(c4ccc(C)cc4)C4=C3CC(C)(C)CC4=O)s2)cc1. The van der Waals surface area contributed by atoms with Crippen LogP contribution in [0.4, 0.5) is 10.8 Å². The van der Waals surface area contributed by atoms with Crippen molar-refractivity contribution < 1.29 is 19.1 Å². The molecule has 0 fully saturated rings. The van der Waals surface area contributed by atoms with Gasteiger partial charge in [-0.05, 0) is 48.6 Å². The number of amides is 1. The number of ether oxygens (including phenoxy) is 1. The molecule has 2 aliphatic rings. The number of carbonyl (C=O) groups excluding carboxylic acids is 3. The van der Waals surface area contributed by atoms with Crippen LogP contribution >= 0.6 is 23.1 Å². The number of nitrogens with zero attached hydrogens (tertiary/aromatic N) is 4. The fourth-order valence-electron chi connectivity index (χ4n) is 5.30. The lowest BCUT2D eigenvalue weighted by atomic mass is 9.68. The maximum absolute atomic E-state index is 13.7. The van der Waals surface area contributed by atoms with Crippen LogP contribution in [0.3, 0.4) is 0 Å². The molecule has 2 heterocycles. The van der Waals surface area contributed by atoms with E-state index in [2.05, 4.69) is 21.6 Å². The van der Waals surface area contributed by atoms with Gasteiger partial charge in [-0.1, -0.05) is 66.8 Å². The maximum atomic E-state index is 13.7. The molecule has 0 spiro atoms. The molecule has 0 bridgehead atoms. The molecule has 1 atom stereocenters. The summed E-state index contributed by atoms with van der Waals surface area (Å²) in [5.41, 5.74) is 10.8. The lowest BCUT2D eigenvalue weighted by molar-refractivity contribution is -0.118. The van der Waals surface area contributed by atoms with Crippen molar-refractivity contribution in [2.24, 2.45) is 11.1 Å². The molecule has 3 aromatic rings. The van der Waals surface area contributed by atoms with Crippen molar-refractivity contribution in [3.63, 3.8) is 0 Å². The van der Waals surface area contributed by atoms with Crippen molar-refractivity contribution in [2.45, 2.75) is 43.9 Å².